The van der Waals surface area contributed by atoms with Crippen molar-refractivity contribution in [1.82, 2.24) is 15.1 Å². The van der Waals surface area contributed by atoms with Gasteiger partial charge in [0.05, 0.1) is 26.2 Å². The third kappa shape index (κ3) is 5.58. The Bertz CT molecular complexity index is 477. The van der Waals surface area contributed by atoms with Gasteiger partial charge >= 0.3 is 5.97 Å². The Balaban J connectivity index is 1.94. The molecule has 0 spiro atoms. The van der Waals surface area contributed by atoms with Crippen LogP contribution in [-0.2, 0) is 14.3 Å². The molecule has 0 aromatic heterocycles. The van der Waals surface area contributed by atoms with E-state index in [1.165, 1.54) is 7.11 Å². The first-order valence-corrected chi connectivity index (χ1v) is 9.81. The molecule has 0 saturated carbocycles. The average molecular weight is 369 g/mol. The van der Waals surface area contributed by atoms with Crippen LogP contribution < -0.4 is 5.32 Å². The second-order valence-electron chi connectivity index (χ2n) is 7.87. The molecule has 0 aliphatic carbocycles. The second-order valence-corrected chi connectivity index (χ2v) is 7.87. The Morgan fingerprint density at radius 3 is 2.58 bits per heavy atom. The number of guanidine groups is 1. The minimum Gasteiger partial charge on any atom is -0.469 e. The van der Waals surface area contributed by atoms with Crippen LogP contribution in [0.2, 0.25) is 0 Å². The molecular formula is C19H36N4O3. The lowest BCUT2D eigenvalue weighted by atomic mass is 9.99. The van der Waals surface area contributed by atoms with Crippen molar-refractivity contribution in [2.75, 3.05) is 60.1 Å². The highest BCUT2D eigenvalue weighted by molar-refractivity contribution is 5.82. The van der Waals surface area contributed by atoms with Crippen molar-refractivity contribution in [3.63, 3.8) is 0 Å². The molecular weight excluding hydrogens is 332 g/mol. The summed E-state index contributed by atoms with van der Waals surface area (Å²) in [6, 6.07) is 0.465. The molecule has 3 atom stereocenters. The number of nitrogens with zero attached hydrogens (tertiary/aromatic N) is 3. The zero-order valence-corrected chi connectivity index (χ0v) is 17.0. The van der Waals surface area contributed by atoms with E-state index < -0.39 is 0 Å². The van der Waals surface area contributed by atoms with Gasteiger partial charge in [-0.2, -0.15) is 0 Å². The van der Waals surface area contributed by atoms with Gasteiger partial charge in [-0.1, -0.05) is 20.8 Å². The summed E-state index contributed by atoms with van der Waals surface area (Å²) in [6.45, 7) is 12.6. The van der Waals surface area contributed by atoms with Crippen LogP contribution in [0.1, 0.15) is 27.2 Å². The van der Waals surface area contributed by atoms with Crippen LogP contribution in [0.5, 0.6) is 0 Å². The zero-order valence-electron chi connectivity index (χ0n) is 17.0. The molecule has 0 aromatic carbocycles. The molecule has 26 heavy (non-hydrogen) atoms. The van der Waals surface area contributed by atoms with Gasteiger partial charge in [-0.05, 0) is 18.3 Å². The molecule has 3 unspecified atom stereocenters. The van der Waals surface area contributed by atoms with Gasteiger partial charge in [-0.3, -0.25) is 14.7 Å². The van der Waals surface area contributed by atoms with E-state index in [1.54, 1.807) is 0 Å². The normalized spacial score (nSPS) is 26.2. The maximum atomic E-state index is 11.9. The van der Waals surface area contributed by atoms with Crippen molar-refractivity contribution in [3.05, 3.63) is 0 Å². The van der Waals surface area contributed by atoms with Crippen molar-refractivity contribution < 1.29 is 14.3 Å². The standard InChI is InChI=1S/C19H36N4O3/c1-14(2)10-16(22-6-8-26-9-7-22)11-21-19(20-4)23-12-15(3)17(13-23)18(24)25-5/h14-17H,6-13H2,1-5H3,(H,20,21). The van der Waals surface area contributed by atoms with Crippen molar-refractivity contribution in [2.24, 2.45) is 22.7 Å². The zero-order chi connectivity index (χ0) is 19.1. The van der Waals surface area contributed by atoms with E-state index in [0.717, 1.165) is 51.8 Å². The van der Waals surface area contributed by atoms with Crippen LogP contribution in [0, 0.1) is 17.8 Å². The lowest BCUT2D eigenvalue weighted by Gasteiger charge is -2.36. The summed E-state index contributed by atoms with van der Waals surface area (Å²) in [6.07, 6.45) is 1.14. The van der Waals surface area contributed by atoms with Gasteiger partial charge in [0.25, 0.3) is 0 Å². The fourth-order valence-electron chi connectivity index (χ4n) is 3.99. The van der Waals surface area contributed by atoms with E-state index in [0.29, 0.717) is 18.5 Å². The summed E-state index contributed by atoms with van der Waals surface area (Å²) in [5, 5.41) is 3.55. The third-order valence-electron chi connectivity index (χ3n) is 5.43. The van der Waals surface area contributed by atoms with E-state index >= 15 is 0 Å². The van der Waals surface area contributed by atoms with E-state index in [-0.39, 0.29) is 17.8 Å². The summed E-state index contributed by atoms with van der Waals surface area (Å²) >= 11 is 0. The number of carbonyl (C=O) groups excluding carboxylic acids is 1. The fourth-order valence-corrected chi connectivity index (χ4v) is 3.99. The number of rotatable bonds is 6. The van der Waals surface area contributed by atoms with E-state index in [9.17, 15) is 4.79 Å². The molecule has 0 radical (unpaired) electrons. The molecule has 0 bridgehead atoms. The summed E-state index contributed by atoms with van der Waals surface area (Å²) in [5.74, 6) is 1.59. The summed E-state index contributed by atoms with van der Waals surface area (Å²) in [5.41, 5.74) is 0. The maximum Gasteiger partial charge on any atom is 0.310 e. The number of ether oxygens (including phenoxy) is 2. The van der Waals surface area contributed by atoms with Gasteiger partial charge < -0.3 is 19.7 Å². The molecule has 150 valence electrons. The van der Waals surface area contributed by atoms with Crippen LogP contribution in [0.4, 0.5) is 0 Å². The predicted octanol–water partition coefficient (Wildman–Crippen LogP) is 1.05. The van der Waals surface area contributed by atoms with Gasteiger partial charge in [-0.25, -0.2) is 0 Å². The first-order chi connectivity index (χ1) is 12.5. The SMILES string of the molecule is CN=C(NCC(CC(C)C)N1CCOCC1)N1CC(C)C(C(=O)OC)C1. The molecule has 0 aromatic rings. The van der Waals surface area contributed by atoms with E-state index in [4.69, 9.17) is 9.47 Å². The highest BCUT2D eigenvalue weighted by atomic mass is 16.5. The average Bonchev–Trinajstić information content (AvgIpc) is 3.02. The Morgan fingerprint density at radius 2 is 2.00 bits per heavy atom. The molecule has 2 aliphatic heterocycles. The van der Waals surface area contributed by atoms with Crippen molar-refractivity contribution in [3.8, 4) is 0 Å². The number of morpholine rings is 1. The summed E-state index contributed by atoms with van der Waals surface area (Å²) in [4.78, 5) is 21.1. The van der Waals surface area contributed by atoms with Crippen molar-refractivity contribution in [1.29, 1.82) is 0 Å². The third-order valence-corrected chi connectivity index (χ3v) is 5.43. The molecule has 2 fully saturated rings. The molecule has 0 amide bonds. The van der Waals surface area contributed by atoms with Crippen LogP contribution in [-0.4, -0.2) is 87.9 Å². The van der Waals surface area contributed by atoms with Crippen LogP contribution >= 0.6 is 0 Å². The molecule has 7 heteroatoms. The number of aliphatic imine (C=N–C) groups is 1. The van der Waals surface area contributed by atoms with Crippen molar-refractivity contribution in [2.45, 2.75) is 33.2 Å². The van der Waals surface area contributed by atoms with Crippen molar-refractivity contribution >= 4 is 11.9 Å². The number of hydrogen-bond acceptors (Lipinski definition) is 5. The quantitative estimate of drug-likeness (QED) is 0.429. The number of carbonyl (C=O) groups is 1. The molecule has 1 N–H and O–H groups in total. The minimum atomic E-state index is -0.124. The fraction of sp³-hybridized carbons (Fsp3) is 0.895. The Hall–Kier alpha value is -1.34. The number of esters is 1. The molecule has 7 nitrogen and oxygen atoms in total. The largest absolute Gasteiger partial charge is 0.469 e. The first-order valence-electron chi connectivity index (χ1n) is 9.81. The Kier molecular flexibility index (Phi) is 8.15. The second kappa shape index (κ2) is 10.1. The van der Waals surface area contributed by atoms with Gasteiger partial charge in [0, 0.05) is 45.8 Å². The summed E-state index contributed by atoms with van der Waals surface area (Å²) in [7, 11) is 3.27. The number of likely N-dealkylation sites (tertiary alicyclic amines) is 1. The van der Waals surface area contributed by atoms with Gasteiger partial charge in [0.15, 0.2) is 5.96 Å². The first kappa shape index (κ1) is 21.0. The molecule has 2 aliphatic rings. The smallest absolute Gasteiger partial charge is 0.310 e. The lowest BCUT2D eigenvalue weighted by Crippen LogP contribution is -2.51. The monoisotopic (exact) mass is 368 g/mol. The van der Waals surface area contributed by atoms with Gasteiger partial charge in [0.2, 0.25) is 0 Å². The topological polar surface area (TPSA) is 66.4 Å². The molecule has 2 rings (SSSR count). The summed E-state index contributed by atoms with van der Waals surface area (Å²) < 4.78 is 10.4. The number of nitrogens with one attached hydrogen (secondary N) is 1. The highest BCUT2D eigenvalue weighted by Crippen LogP contribution is 2.24. The molecule has 2 heterocycles. The lowest BCUT2D eigenvalue weighted by molar-refractivity contribution is -0.145. The number of methoxy groups -OCH3 is 1. The minimum absolute atomic E-state index is 0.0794. The molecule has 2 saturated heterocycles. The maximum absolute atomic E-state index is 11.9. The van der Waals surface area contributed by atoms with E-state index in [1.807, 2.05) is 7.05 Å². The Morgan fingerprint density at radius 1 is 1.31 bits per heavy atom. The Labute approximate surface area is 158 Å². The number of hydrogen-bond donors (Lipinski definition) is 1. The highest BCUT2D eigenvalue weighted by Gasteiger charge is 2.37. The van der Waals surface area contributed by atoms with Crippen LogP contribution in [0.3, 0.4) is 0 Å². The van der Waals surface area contributed by atoms with Gasteiger partial charge in [0.1, 0.15) is 0 Å². The van der Waals surface area contributed by atoms with E-state index in [2.05, 4.69) is 40.9 Å². The predicted molar refractivity (Wildman–Crippen MR) is 103 cm³/mol. The van der Waals surface area contributed by atoms with Crippen LogP contribution in [0.15, 0.2) is 4.99 Å². The van der Waals surface area contributed by atoms with Crippen LogP contribution in [0.25, 0.3) is 0 Å². The van der Waals surface area contributed by atoms with Gasteiger partial charge in [-0.15, -0.1) is 0 Å².